The van der Waals surface area contributed by atoms with E-state index in [0.29, 0.717) is 58.4 Å². The molecule has 0 spiro atoms. The smallest absolute Gasteiger partial charge is 0.224 e. The third kappa shape index (κ3) is 5.59. The first-order valence-corrected chi connectivity index (χ1v) is 14.6. The summed E-state index contributed by atoms with van der Waals surface area (Å²) in [6.45, 7) is 5.26. The zero-order valence-electron chi connectivity index (χ0n) is 24.1. The molecule has 1 saturated heterocycles. The number of H-pyrrole nitrogens is 2. The van der Waals surface area contributed by atoms with E-state index in [-0.39, 0.29) is 5.91 Å². The summed E-state index contributed by atoms with van der Waals surface area (Å²) < 4.78 is 20.7. The quantitative estimate of drug-likeness (QED) is 0.198. The second kappa shape index (κ2) is 11.8. The SMILES string of the molecule is CCC(=O)Nc1cncc(-c2cnc3[nH]nc(-c4nc5c(-c6cc(F)cc(OCCN7CCCC7)c6)nccc5[nH]4)c3c2)c1. The number of imidazole rings is 1. The van der Waals surface area contributed by atoms with Crippen LogP contribution in [0.15, 0.2) is 61.2 Å². The molecule has 0 saturated carbocycles. The van der Waals surface area contributed by atoms with Crippen molar-refractivity contribution in [2.45, 2.75) is 26.2 Å². The molecule has 6 heterocycles. The average molecular weight is 592 g/mol. The van der Waals surface area contributed by atoms with Crippen LogP contribution < -0.4 is 10.1 Å². The number of benzene rings is 1. The molecule has 6 aromatic rings. The molecule has 0 bridgehead atoms. The largest absolute Gasteiger partial charge is 0.492 e. The Morgan fingerprint density at radius 1 is 1.02 bits per heavy atom. The first-order valence-electron chi connectivity index (χ1n) is 14.6. The van der Waals surface area contributed by atoms with Crippen LogP contribution in [0.5, 0.6) is 5.75 Å². The van der Waals surface area contributed by atoms with Crippen LogP contribution in [0.25, 0.3) is 56.0 Å². The van der Waals surface area contributed by atoms with Crippen molar-refractivity contribution in [2.75, 3.05) is 31.6 Å². The Kier molecular flexibility index (Phi) is 7.40. The fourth-order valence-electron chi connectivity index (χ4n) is 5.50. The molecule has 0 aliphatic carbocycles. The molecular weight excluding hydrogens is 561 g/mol. The van der Waals surface area contributed by atoms with Crippen LogP contribution in [0.2, 0.25) is 0 Å². The number of nitrogens with one attached hydrogen (secondary N) is 3. The van der Waals surface area contributed by atoms with Crippen LogP contribution in [-0.4, -0.2) is 72.2 Å². The molecule has 222 valence electrons. The second-order valence-corrected chi connectivity index (χ2v) is 10.8. The van der Waals surface area contributed by atoms with E-state index in [0.717, 1.165) is 41.7 Å². The first kappa shape index (κ1) is 27.6. The maximum absolute atomic E-state index is 14.7. The molecule has 0 atom stereocenters. The molecule has 12 heteroatoms. The number of rotatable bonds is 9. The molecule has 0 radical (unpaired) electrons. The van der Waals surface area contributed by atoms with Crippen molar-refractivity contribution in [3.63, 3.8) is 0 Å². The van der Waals surface area contributed by atoms with Crippen LogP contribution >= 0.6 is 0 Å². The highest BCUT2D eigenvalue weighted by Gasteiger charge is 2.18. The minimum absolute atomic E-state index is 0.0899. The van der Waals surface area contributed by atoms with Gasteiger partial charge in [-0.3, -0.25) is 24.8 Å². The minimum Gasteiger partial charge on any atom is -0.492 e. The number of fused-ring (bicyclic) bond motifs is 2. The first-order chi connectivity index (χ1) is 21.5. The summed E-state index contributed by atoms with van der Waals surface area (Å²) >= 11 is 0. The van der Waals surface area contributed by atoms with Gasteiger partial charge in [-0.25, -0.2) is 14.4 Å². The van der Waals surface area contributed by atoms with Gasteiger partial charge in [0.05, 0.1) is 28.5 Å². The number of hydrogen-bond acceptors (Lipinski definition) is 8. The van der Waals surface area contributed by atoms with Gasteiger partial charge in [0.1, 0.15) is 29.4 Å². The lowest BCUT2D eigenvalue weighted by Crippen LogP contribution is -2.25. The highest BCUT2D eigenvalue weighted by Crippen LogP contribution is 2.33. The van der Waals surface area contributed by atoms with Crippen LogP contribution in [0, 0.1) is 5.82 Å². The second-order valence-electron chi connectivity index (χ2n) is 10.8. The highest BCUT2D eigenvalue weighted by molar-refractivity contribution is 5.96. The molecule has 1 aliphatic rings. The number of carbonyl (C=O) groups is 1. The Labute approximate surface area is 251 Å². The molecule has 44 heavy (non-hydrogen) atoms. The van der Waals surface area contributed by atoms with Crippen molar-refractivity contribution < 1.29 is 13.9 Å². The maximum Gasteiger partial charge on any atom is 0.224 e. The van der Waals surface area contributed by atoms with E-state index in [1.165, 1.54) is 25.0 Å². The predicted octanol–water partition coefficient (Wildman–Crippen LogP) is 5.59. The highest BCUT2D eigenvalue weighted by atomic mass is 19.1. The Balaban J connectivity index is 1.20. The Morgan fingerprint density at radius 2 is 1.89 bits per heavy atom. The van der Waals surface area contributed by atoms with Gasteiger partial charge in [0.25, 0.3) is 0 Å². The van der Waals surface area contributed by atoms with Gasteiger partial charge in [0.2, 0.25) is 5.91 Å². The maximum atomic E-state index is 14.7. The van der Waals surface area contributed by atoms with E-state index in [1.807, 2.05) is 18.2 Å². The van der Waals surface area contributed by atoms with Gasteiger partial charge in [0, 0.05) is 54.3 Å². The number of pyridine rings is 3. The summed E-state index contributed by atoms with van der Waals surface area (Å²) in [6.07, 6.45) is 9.50. The van der Waals surface area contributed by atoms with Gasteiger partial charge < -0.3 is 15.0 Å². The lowest BCUT2D eigenvalue weighted by atomic mass is 10.1. The summed E-state index contributed by atoms with van der Waals surface area (Å²) in [5, 5.41) is 11.1. The Hall–Kier alpha value is -5.23. The van der Waals surface area contributed by atoms with Crippen molar-refractivity contribution in [1.82, 2.24) is 40.0 Å². The summed E-state index contributed by atoms with van der Waals surface area (Å²) in [5.74, 6) is 0.476. The summed E-state index contributed by atoms with van der Waals surface area (Å²) in [6, 6.07) is 10.3. The number of halogens is 1. The lowest BCUT2D eigenvalue weighted by Gasteiger charge is -2.15. The van der Waals surface area contributed by atoms with Crippen molar-refractivity contribution in [2.24, 2.45) is 0 Å². The number of aromatic amines is 2. The van der Waals surface area contributed by atoms with Gasteiger partial charge >= 0.3 is 0 Å². The third-order valence-corrected chi connectivity index (χ3v) is 7.74. The number of carbonyl (C=O) groups excluding carboxylic acids is 1. The van der Waals surface area contributed by atoms with Crippen LogP contribution in [-0.2, 0) is 4.79 Å². The fraction of sp³-hybridized carbons (Fsp3) is 0.250. The van der Waals surface area contributed by atoms with Gasteiger partial charge in [-0.15, -0.1) is 0 Å². The number of nitrogens with zero attached hydrogens (tertiary/aromatic N) is 6. The minimum atomic E-state index is -0.405. The summed E-state index contributed by atoms with van der Waals surface area (Å²) in [7, 11) is 0. The fourth-order valence-corrected chi connectivity index (χ4v) is 5.50. The normalized spacial score (nSPS) is 13.6. The number of aromatic nitrogens is 7. The number of hydrogen-bond donors (Lipinski definition) is 3. The predicted molar refractivity (Wildman–Crippen MR) is 165 cm³/mol. The Morgan fingerprint density at radius 3 is 2.75 bits per heavy atom. The number of amides is 1. The number of anilines is 1. The Bertz CT molecular complexity index is 1980. The lowest BCUT2D eigenvalue weighted by molar-refractivity contribution is -0.115. The van der Waals surface area contributed by atoms with Crippen molar-refractivity contribution in [3.8, 4) is 39.7 Å². The van der Waals surface area contributed by atoms with E-state index in [1.54, 1.807) is 37.8 Å². The van der Waals surface area contributed by atoms with Gasteiger partial charge in [0.15, 0.2) is 11.5 Å². The molecule has 0 unspecified atom stereocenters. The van der Waals surface area contributed by atoms with E-state index in [4.69, 9.17) is 9.72 Å². The van der Waals surface area contributed by atoms with E-state index in [9.17, 15) is 9.18 Å². The van der Waals surface area contributed by atoms with Crippen molar-refractivity contribution in [3.05, 3.63) is 67.0 Å². The van der Waals surface area contributed by atoms with E-state index >= 15 is 0 Å². The third-order valence-electron chi connectivity index (χ3n) is 7.74. The number of ether oxygens (including phenoxy) is 1. The topological polar surface area (TPSA) is 138 Å². The zero-order valence-corrected chi connectivity index (χ0v) is 24.1. The average Bonchev–Trinajstić information content (AvgIpc) is 3.80. The monoisotopic (exact) mass is 591 g/mol. The van der Waals surface area contributed by atoms with Crippen LogP contribution in [0.4, 0.5) is 10.1 Å². The molecular formula is C32H30FN9O2. The molecule has 3 N–H and O–H groups in total. The summed E-state index contributed by atoms with van der Waals surface area (Å²) in [4.78, 5) is 35.8. The van der Waals surface area contributed by atoms with Crippen molar-refractivity contribution >= 4 is 33.7 Å². The van der Waals surface area contributed by atoms with Gasteiger partial charge in [-0.1, -0.05) is 6.92 Å². The van der Waals surface area contributed by atoms with Gasteiger partial charge in [-0.2, -0.15) is 5.10 Å². The van der Waals surface area contributed by atoms with E-state index in [2.05, 4.69) is 40.3 Å². The molecule has 5 aromatic heterocycles. The van der Waals surface area contributed by atoms with Gasteiger partial charge in [-0.05, 0) is 56.3 Å². The molecule has 11 nitrogen and oxygen atoms in total. The standard InChI is InChI=1S/C32H30FN9O2/c1-2-27(43)37-23-12-20(16-34-18-23)21-14-25-29(40-41-31(25)36-17-21)32-38-26-5-6-35-28(30(26)39-32)19-11-22(33)15-24(13-19)44-10-9-42-7-3-4-8-42/h5-6,11-18H,2-4,7-10H2,1H3,(H,37,43)(H,38,39)(H,36,40,41). The number of likely N-dealkylation sites (tertiary alicyclic amines) is 1. The molecule has 1 aromatic carbocycles. The molecule has 1 fully saturated rings. The zero-order chi connectivity index (χ0) is 30.0. The molecule has 1 aliphatic heterocycles. The van der Waals surface area contributed by atoms with Crippen LogP contribution in [0.1, 0.15) is 26.2 Å². The van der Waals surface area contributed by atoms with Crippen LogP contribution in [0.3, 0.4) is 0 Å². The van der Waals surface area contributed by atoms with Crippen molar-refractivity contribution in [1.29, 1.82) is 0 Å². The molecule has 7 rings (SSSR count). The summed E-state index contributed by atoms with van der Waals surface area (Å²) in [5.41, 5.74) is 5.78. The van der Waals surface area contributed by atoms with E-state index < -0.39 is 5.82 Å². The molecule has 1 amide bonds.